The van der Waals surface area contributed by atoms with Gasteiger partial charge in [0, 0.05) is 12.2 Å². The van der Waals surface area contributed by atoms with Crippen LogP contribution >= 0.6 is 0 Å². The molecular weight excluding hydrogens is 406 g/mol. The highest BCUT2D eigenvalue weighted by atomic mass is 16.6. The standard InChI is InChI=1S/C25H25N3O4/c1-17-8-7-11-21(12-17)31-16-24(30)32-15-23(29)27-25-22(13-26)18(2)19(3)28(25)14-20-9-5-4-6-10-20/h4-12H,14-16H2,1-3H3,(H,27,29). The van der Waals surface area contributed by atoms with Crippen molar-refractivity contribution in [3.05, 3.63) is 82.5 Å². The van der Waals surface area contributed by atoms with Gasteiger partial charge in [0.2, 0.25) is 0 Å². The summed E-state index contributed by atoms with van der Waals surface area (Å²) in [4.78, 5) is 24.4. The fourth-order valence-corrected chi connectivity index (χ4v) is 3.30. The second kappa shape index (κ2) is 10.3. The van der Waals surface area contributed by atoms with E-state index in [1.807, 2.05) is 67.8 Å². The van der Waals surface area contributed by atoms with Crippen LogP contribution in [-0.2, 0) is 20.9 Å². The molecule has 0 fully saturated rings. The summed E-state index contributed by atoms with van der Waals surface area (Å²) in [7, 11) is 0. The molecule has 7 heteroatoms. The van der Waals surface area contributed by atoms with Gasteiger partial charge in [0.05, 0.1) is 5.56 Å². The normalized spacial score (nSPS) is 10.3. The van der Waals surface area contributed by atoms with Crippen LogP contribution < -0.4 is 10.1 Å². The Bertz CT molecular complexity index is 1160. The molecular formula is C25H25N3O4. The van der Waals surface area contributed by atoms with Crippen LogP contribution in [0.25, 0.3) is 0 Å². The van der Waals surface area contributed by atoms with Crippen molar-refractivity contribution in [3.8, 4) is 11.8 Å². The topological polar surface area (TPSA) is 93.3 Å². The van der Waals surface area contributed by atoms with Gasteiger partial charge in [-0.1, -0.05) is 42.5 Å². The van der Waals surface area contributed by atoms with Crippen molar-refractivity contribution in [2.45, 2.75) is 27.3 Å². The zero-order chi connectivity index (χ0) is 23.1. The Labute approximate surface area is 187 Å². The van der Waals surface area contributed by atoms with E-state index in [2.05, 4.69) is 11.4 Å². The van der Waals surface area contributed by atoms with E-state index in [9.17, 15) is 14.9 Å². The maximum atomic E-state index is 12.5. The van der Waals surface area contributed by atoms with Crippen LogP contribution in [-0.4, -0.2) is 29.7 Å². The number of amides is 1. The number of nitriles is 1. The summed E-state index contributed by atoms with van der Waals surface area (Å²) in [6.45, 7) is 5.38. The van der Waals surface area contributed by atoms with Crippen molar-refractivity contribution in [2.24, 2.45) is 0 Å². The summed E-state index contributed by atoms with van der Waals surface area (Å²) in [5.74, 6) is -0.246. The summed E-state index contributed by atoms with van der Waals surface area (Å²) < 4.78 is 12.3. The first-order chi connectivity index (χ1) is 15.4. The van der Waals surface area contributed by atoms with Crippen LogP contribution in [0.2, 0.25) is 0 Å². The van der Waals surface area contributed by atoms with Crippen molar-refractivity contribution in [3.63, 3.8) is 0 Å². The van der Waals surface area contributed by atoms with E-state index in [1.165, 1.54) is 0 Å². The number of rotatable bonds is 8. The predicted octanol–water partition coefficient (Wildman–Crippen LogP) is 3.89. The first kappa shape index (κ1) is 22.6. The van der Waals surface area contributed by atoms with E-state index in [0.29, 0.717) is 23.7 Å². The molecule has 1 N–H and O–H groups in total. The fraction of sp³-hybridized carbons (Fsp3) is 0.240. The van der Waals surface area contributed by atoms with Gasteiger partial charge in [0.25, 0.3) is 5.91 Å². The molecule has 7 nitrogen and oxygen atoms in total. The lowest BCUT2D eigenvalue weighted by molar-refractivity contribution is -0.149. The molecule has 0 aliphatic carbocycles. The van der Waals surface area contributed by atoms with Crippen molar-refractivity contribution in [2.75, 3.05) is 18.5 Å². The molecule has 0 bridgehead atoms. The maximum absolute atomic E-state index is 12.5. The van der Waals surface area contributed by atoms with E-state index >= 15 is 0 Å². The number of esters is 1. The lowest BCUT2D eigenvalue weighted by Gasteiger charge is -2.13. The number of hydrogen-bond donors (Lipinski definition) is 1. The van der Waals surface area contributed by atoms with Gasteiger partial charge in [-0.3, -0.25) is 4.79 Å². The zero-order valence-electron chi connectivity index (χ0n) is 18.3. The first-order valence-corrected chi connectivity index (χ1v) is 10.2. The molecule has 3 aromatic rings. The number of hydrogen-bond acceptors (Lipinski definition) is 5. The molecule has 3 rings (SSSR count). The third kappa shape index (κ3) is 5.55. The summed E-state index contributed by atoms with van der Waals surface area (Å²) in [5.41, 5.74) is 4.10. The Kier molecular flexibility index (Phi) is 7.29. The third-order valence-corrected chi connectivity index (χ3v) is 5.09. The minimum absolute atomic E-state index is 0.303. The predicted molar refractivity (Wildman–Crippen MR) is 120 cm³/mol. The molecule has 1 heterocycles. The average Bonchev–Trinajstić information content (AvgIpc) is 3.00. The molecule has 164 valence electrons. The molecule has 1 aromatic heterocycles. The molecule has 0 saturated heterocycles. The Morgan fingerprint density at radius 2 is 1.78 bits per heavy atom. The Hall–Kier alpha value is -4.05. The number of anilines is 1. The number of aryl methyl sites for hydroxylation is 1. The molecule has 0 aliphatic rings. The molecule has 32 heavy (non-hydrogen) atoms. The van der Waals surface area contributed by atoms with Gasteiger partial charge in [-0.2, -0.15) is 5.26 Å². The maximum Gasteiger partial charge on any atom is 0.344 e. The second-order valence-corrected chi connectivity index (χ2v) is 7.43. The third-order valence-electron chi connectivity index (χ3n) is 5.09. The van der Waals surface area contributed by atoms with E-state index in [-0.39, 0.29) is 6.61 Å². The van der Waals surface area contributed by atoms with E-state index in [1.54, 1.807) is 12.1 Å². The molecule has 1 amide bonds. The molecule has 2 aromatic carbocycles. The van der Waals surface area contributed by atoms with Gasteiger partial charge in [0.15, 0.2) is 13.2 Å². The van der Waals surface area contributed by atoms with Gasteiger partial charge >= 0.3 is 5.97 Å². The van der Waals surface area contributed by atoms with Crippen molar-refractivity contribution < 1.29 is 19.1 Å². The molecule has 0 aliphatic heterocycles. The second-order valence-electron chi connectivity index (χ2n) is 7.43. The molecule has 0 radical (unpaired) electrons. The Balaban J connectivity index is 1.63. The van der Waals surface area contributed by atoms with Crippen molar-refractivity contribution >= 4 is 17.7 Å². The Morgan fingerprint density at radius 1 is 1.03 bits per heavy atom. The smallest absolute Gasteiger partial charge is 0.344 e. The average molecular weight is 431 g/mol. The van der Waals surface area contributed by atoms with E-state index in [4.69, 9.17) is 9.47 Å². The zero-order valence-corrected chi connectivity index (χ0v) is 18.3. The van der Waals surface area contributed by atoms with Gasteiger partial charge in [-0.25, -0.2) is 4.79 Å². The quantitative estimate of drug-likeness (QED) is 0.546. The van der Waals surface area contributed by atoms with Crippen LogP contribution in [0.5, 0.6) is 5.75 Å². The van der Waals surface area contributed by atoms with Gasteiger partial charge in [-0.05, 0) is 49.6 Å². The van der Waals surface area contributed by atoms with E-state index < -0.39 is 18.5 Å². The highest BCUT2D eigenvalue weighted by Crippen LogP contribution is 2.27. The summed E-state index contributed by atoms with van der Waals surface area (Å²) in [6.07, 6.45) is 0. The summed E-state index contributed by atoms with van der Waals surface area (Å²) in [5, 5.41) is 12.3. The van der Waals surface area contributed by atoms with Crippen LogP contribution in [0.3, 0.4) is 0 Å². The largest absolute Gasteiger partial charge is 0.482 e. The number of nitrogens with zero attached hydrogens (tertiary/aromatic N) is 2. The van der Waals surface area contributed by atoms with Crippen LogP contribution in [0.4, 0.5) is 5.82 Å². The van der Waals surface area contributed by atoms with Gasteiger partial charge in [0.1, 0.15) is 17.6 Å². The number of carbonyl (C=O) groups is 2. The summed E-state index contributed by atoms with van der Waals surface area (Å²) in [6, 6.07) is 19.2. The molecule has 0 spiro atoms. The lowest BCUT2D eigenvalue weighted by atomic mass is 10.2. The number of carbonyl (C=O) groups excluding carboxylic acids is 2. The van der Waals surface area contributed by atoms with E-state index in [0.717, 1.165) is 22.4 Å². The Morgan fingerprint density at radius 3 is 2.47 bits per heavy atom. The fourth-order valence-electron chi connectivity index (χ4n) is 3.30. The molecule has 0 unspecified atom stereocenters. The molecule has 0 atom stereocenters. The number of aromatic nitrogens is 1. The minimum Gasteiger partial charge on any atom is -0.482 e. The van der Waals surface area contributed by atoms with Gasteiger partial charge < -0.3 is 19.4 Å². The van der Waals surface area contributed by atoms with Gasteiger partial charge in [-0.15, -0.1) is 0 Å². The first-order valence-electron chi connectivity index (χ1n) is 10.2. The lowest BCUT2D eigenvalue weighted by Crippen LogP contribution is -2.25. The van der Waals surface area contributed by atoms with Crippen molar-refractivity contribution in [1.29, 1.82) is 5.26 Å². The van der Waals surface area contributed by atoms with Crippen LogP contribution in [0.1, 0.15) is 27.9 Å². The highest BCUT2D eigenvalue weighted by molar-refractivity contribution is 5.93. The number of nitrogens with one attached hydrogen (secondary N) is 1. The molecule has 0 saturated carbocycles. The van der Waals surface area contributed by atoms with Crippen LogP contribution in [0.15, 0.2) is 54.6 Å². The monoisotopic (exact) mass is 431 g/mol. The minimum atomic E-state index is -0.658. The number of benzene rings is 2. The highest BCUT2D eigenvalue weighted by Gasteiger charge is 2.20. The number of ether oxygens (including phenoxy) is 2. The van der Waals surface area contributed by atoms with Crippen LogP contribution in [0, 0.1) is 32.1 Å². The SMILES string of the molecule is Cc1cccc(OCC(=O)OCC(=O)Nc2c(C#N)c(C)c(C)n2Cc2ccccc2)c1. The summed E-state index contributed by atoms with van der Waals surface area (Å²) >= 11 is 0. The van der Waals surface area contributed by atoms with Crippen molar-refractivity contribution in [1.82, 2.24) is 4.57 Å².